The van der Waals surface area contributed by atoms with Crippen LogP contribution in [0.15, 0.2) is 42.5 Å². The summed E-state index contributed by atoms with van der Waals surface area (Å²) in [5, 5.41) is 11.5. The largest absolute Gasteiger partial charge is 0.399 e. The maximum absolute atomic E-state index is 14.0. The van der Waals surface area contributed by atoms with Crippen molar-refractivity contribution < 1.29 is 4.39 Å². The number of hydrogen-bond acceptors (Lipinski definition) is 4. The molecule has 0 fully saturated rings. The fraction of sp³-hybridized carbons (Fsp3) is 0.0714. The molecule has 0 atom stereocenters. The molecule has 0 radical (unpaired) electrons. The molecule has 100 valence electrons. The van der Waals surface area contributed by atoms with Crippen LogP contribution in [0.1, 0.15) is 5.56 Å². The molecule has 0 unspecified atom stereocenters. The number of anilines is 1. The van der Waals surface area contributed by atoms with Crippen molar-refractivity contribution in [3.8, 4) is 17.1 Å². The molecule has 1 heterocycles. The molecule has 0 amide bonds. The van der Waals surface area contributed by atoms with Crippen molar-refractivity contribution >= 4 is 5.69 Å². The van der Waals surface area contributed by atoms with Gasteiger partial charge in [-0.05, 0) is 53.2 Å². The molecular weight excluding hydrogens is 257 g/mol. The Morgan fingerprint density at radius 1 is 1.10 bits per heavy atom. The van der Waals surface area contributed by atoms with Crippen LogP contribution >= 0.6 is 0 Å². The van der Waals surface area contributed by atoms with E-state index in [-0.39, 0.29) is 5.82 Å². The number of halogens is 1. The molecular formula is C14H12FN5. The van der Waals surface area contributed by atoms with Crippen molar-refractivity contribution in [1.29, 1.82) is 0 Å². The zero-order valence-electron chi connectivity index (χ0n) is 10.8. The number of aryl methyl sites for hydroxylation is 1. The van der Waals surface area contributed by atoms with Gasteiger partial charge in [-0.15, -0.1) is 5.10 Å². The molecule has 5 nitrogen and oxygen atoms in total. The van der Waals surface area contributed by atoms with Gasteiger partial charge in [-0.2, -0.15) is 4.68 Å². The topological polar surface area (TPSA) is 69.6 Å². The van der Waals surface area contributed by atoms with Gasteiger partial charge < -0.3 is 5.73 Å². The van der Waals surface area contributed by atoms with Crippen molar-refractivity contribution in [2.24, 2.45) is 0 Å². The van der Waals surface area contributed by atoms with Crippen LogP contribution in [-0.4, -0.2) is 20.2 Å². The summed E-state index contributed by atoms with van der Waals surface area (Å²) < 4.78 is 15.4. The zero-order valence-corrected chi connectivity index (χ0v) is 10.8. The van der Waals surface area contributed by atoms with Gasteiger partial charge in [0.05, 0.1) is 0 Å². The van der Waals surface area contributed by atoms with Crippen LogP contribution in [0.2, 0.25) is 0 Å². The first-order valence-corrected chi connectivity index (χ1v) is 6.06. The first-order chi connectivity index (χ1) is 9.66. The van der Waals surface area contributed by atoms with E-state index in [9.17, 15) is 4.39 Å². The highest BCUT2D eigenvalue weighted by atomic mass is 19.1. The third-order valence-electron chi connectivity index (χ3n) is 3.04. The van der Waals surface area contributed by atoms with Gasteiger partial charge in [-0.1, -0.05) is 12.1 Å². The second-order valence-electron chi connectivity index (χ2n) is 4.44. The SMILES string of the molecule is Cc1cccc(F)c1-n1nnnc1-c1ccc(N)cc1. The first-order valence-electron chi connectivity index (χ1n) is 6.06. The van der Waals surface area contributed by atoms with E-state index >= 15 is 0 Å². The Morgan fingerprint density at radius 3 is 2.55 bits per heavy atom. The highest BCUT2D eigenvalue weighted by Gasteiger charge is 2.15. The molecule has 20 heavy (non-hydrogen) atoms. The van der Waals surface area contributed by atoms with Crippen molar-refractivity contribution in [2.45, 2.75) is 6.92 Å². The quantitative estimate of drug-likeness (QED) is 0.725. The van der Waals surface area contributed by atoms with Gasteiger partial charge in [-0.3, -0.25) is 0 Å². The normalized spacial score (nSPS) is 10.7. The Morgan fingerprint density at radius 2 is 1.85 bits per heavy atom. The highest BCUT2D eigenvalue weighted by molar-refractivity contribution is 5.61. The highest BCUT2D eigenvalue weighted by Crippen LogP contribution is 2.24. The molecule has 2 N–H and O–H groups in total. The molecule has 0 saturated heterocycles. The van der Waals surface area contributed by atoms with Gasteiger partial charge in [0, 0.05) is 11.3 Å². The summed E-state index contributed by atoms with van der Waals surface area (Å²) in [7, 11) is 0. The minimum absolute atomic E-state index is 0.351. The molecule has 3 rings (SSSR count). The van der Waals surface area contributed by atoms with Gasteiger partial charge in [0.25, 0.3) is 0 Å². The number of hydrogen-bond donors (Lipinski definition) is 1. The van der Waals surface area contributed by atoms with E-state index in [4.69, 9.17) is 5.73 Å². The molecule has 2 aromatic carbocycles. The number of para-hydroxylation sites is 1. The minimum Gasteiger partial charge on any atom is -0.399 e. The number of aromatic nitrogens is 4. The van der Waals surface area contributed by atoms with E-state index in [1.807, 2.05) is 13.0 Å². The summed E-state index contributed by atoms with van der Waals surface area (Å²) in [5.74, 6) is 0.104. The number of rotatable bonds is 2. The molecule has 0 spiro atoms. The maximum atomic E-state index is 14.0. The van der Waals surface area contributed by atoms with E-state index in [0.29, 0.717) is 17.2 Å². The summed E-state index contributed by atoms with van der Waals surface area (Å²) in [5.41, 5.74) is 8.19. The molecule has 1 aromatic heterocycles. The summed E-state index contributed by atoms with van der Waals surface area (Å²) in [6.45, 7) is 1.81. The average molecular weight is 269 g/mol. The van der Waals surface area contributed by atoms with E-state index < -0.39 is 0 Å². The molecule has 0 aliphatic carbocycles. The van der Waals surface area contributed by atoms with Crippen molar-refractivity contribution in [3.63, 3.8) is 0 Å². The molecule has 0 aliphatic rings. The van der Waals surface area contributed by atoms with Crippen LogP contribution in [0.25, 0.3) is 17.1 Å². The van der Waals surface area contributed by atoms with Crippen LogP contribution in [0.3, 0.4) is 0 Å². The second-order valence-corrected chi connectivity index (χ2v) is 4.44. The van der Waals surface area contributed by atoms with E-state index in [0.717, 1.165) is 11.1 Å². The summed E-state index contributed by atoms with van der Waals surface area (Å²) in [6, 6.07) is 12.0. The number of benzene rings is 2. The molecule has 3 aromatic rings. The number of nitrogen functional groups attached to an aromatic ring is 1. The summed E-state index contributed by atoms with van der Waals surface area (Å²) >= 11 is 0. The van der Waals surface area contributed by atoms with Gasteiger partial charge in [0.2, 0.25) is 0 Å². The lowest BCUT2D eigenvalue weighted by Crippen LogP contribution is -2.05. The third-order valence-corrected chi connectivity index (χ3v) is 3.04. The third kappa shape index (κ3) is 2.01. The van der Waals surface area contributed by atoms with E-state index in [1.165, 1.54) is 10.7 Å². The van der Waals surface area contributed by atoms with E-state index in [2.05, 4.69) is 15.5 Å². The summed E-state index contributed by atoms with van der Waals surface area (Å²) in [6.07, 6.45) is 0. The molecule has 0 saturated carbocycles. The monoisotopic (exact) mass is 269 g/mol. The molecule has 0 bridgehead atoms. The van der Waals surface area contributed by atoms with Gasteiger partial charge in [0.1, 0.15) is 11.5 Å². The fourth-order valence-corrected chi connectivity index (χ4v) is 2.04. The Bertz CT molecular complexity index is 728. The minimum atomic E-state index is -0.367. The zero-order chi connectivity index (χ0) is 14.1. The average Bonchev–Trinajstić information content (AvgIpc) is 2.88. The second kappa shape index (κ2) is 4.73. The Kier molecular flexibility index (Phi) is 2.90. The number of tetrazole rings is 1. The van der Waals surface area contributed by atoms with Gasteiger partial charge >= 0.3 is 0 Å². The van der Waals surface area contributed by atoms with Crippen LogP contribution in [-0.2, 0) is 0 Å². The lowest BCUT2D eigenvalue weighted by Gasteiger charge is -2.08. The standard InChI is InChI=1S/C14H12FN5/c1-9-3-2-4-12(15)13(9)20-14(17-18-19-20)10-5-7-11(16)8-6-10/h2-8H,16H2,1H3. The van der Waals surface area contributed by atoms with Crippen molar-refractivity contribution in [2.75, 3.05) is 5.73 Å². The Balaban J connectivity index is 2.18. The smallest absolute Gasteiger partial charge is 0.187 e. The predicted molar refractivity (Wildman–Crippen MR) is 73.7 cm³/mol. The van der Waals surface area contributed by atoms with Crippen LogP contribution < -0.4 is 5.73 Å². The van der Waals surface area contributed by atoms with Gasteiger partial charge in [-0.25, -0.2) is 4.39 Å². The lowest BCUT2D eigenvalue weighted by atomic mass is 10.1. The fourth-order valence-electron chi connectivity index (χ4n) is 2.04. The Hall–Kier alpha value is -2.76. The number of nitrogens with two attached hydrogens (primary N) is 1. The number of nitrogens with zero attached hydrogens (tertiary/aromatic N) is 4. The van der Waals surface area contributed by atoms with Gasteiger partial charge in [0.15, 0.2) is 5.82 Å². The predicted octanol–water partition coefficient (Wildman–Crippen LogP) is 2.36. The maximum Gasteiger partial charge on any atom is 0.187 e. The molecule has 6 heteroatoms. The lowest BCUT2D eigenvalue weighted by molar-refractivity contribution is 0.606. The van der Waals surface area contributed by atoms with Crippen LogP contribution in [0.5, 0.6) is 0 Å². The first kappa shape index (κ1) is 12.3. The van der Waals surface area contributed by atoms with Crippen molar-refractivity contribution in [1.82, 2.24) is 20.2 Å². The van der Waals surface area contributed by atoms with Crippen LogP contribution in [0, 0.1) is 12.7 Å². The summed E-state index contributed by atoms with van der Waals surface area (Å²) in [4.78, 5) is 0. The van der Waals surface area contributed by atoms with E-state index in [1.54, 1.807) is 30.3 Å². The van der Waals surface area contributed by atoms with Crippen LogP contribution in [0.4, 0.5) is 10.1 Å². The molecule has 0 aliphatic heterocycles. The van der Waals surface area contributed by atoms with Crippen molar-refractivity contribution in [3.05, 3.63) is 53.8 Å². The Labute approximate surface area is 114 Å².